The van der Waals surface area contributed by atoms with Crippen LogP contribution >= 0.6 is 0 Å². The second-order valence-corrected chi connectivity index (χ2v) is 3.45. The van der Waals surface area contributed by atoms with Crippen LogP contribution in [0, 0.1) is 0 Å². The molecule has 1 aliphatic rings. The van der Waals surface area contributed by atoms with E-state index in [2.05, 4.69) is 5.32 Å². The van der Waals surface area contributed by atoms with E-state index in [0.29, 0.717) is 6.61 Å². The molecule has 78 valence electrons. The molecule has 0 amide bonds. The fraction of sp³-hybridized carbons (Fsp3) is 1.00. The van der Waals surface area contributed by atoms with Crippen LogP contribution in [0.15, 0.2) is 0 Å². The number of hydrogen-bond donors (Lipinski definition) is 3. The van der Waals surface area contributed by atoms with Crippen LogP contribution in [0.3, 0.4) is 0 Å². The number of aliphatic hydroxyl groups is 2. The zero-order valence-electron chi connectivity index (χ0n) is 7.91. The van der Waals surface area contributed by atoms with Crippen molar-refractivity contribution in [2.45, 2.75) is 31.5 Å². The summed E-state index contributed by atoms with van der Waals surface area (Å²) in [6, 6.07) is 0. The molecular formula is C9H19NO3. The van der Waals surface area contributed by atoms with Crippen molar-refractivity contribution in [3.05, 3.63) is 0 Å². The third-order valence-electron chi connectivity index (χ3n) is 2.22. The Hall–Kier alpha value is -0.160. The van der Waals surface area contributed by atoms with Crippen LogP contribution in [0.5, 0.6) is 0 Å². The molecule has 0 aliphatic carbocycles. The van der Waals surface area contributed by atoms with Crippen molar-refractivity contribution in [3.8, 4) is 0 Å². The van der Waals surface area contributed by atoms with Gasteiger partial charge in [0.2, 0.25) is 0 Å². The normalized spacial score (nSPS) is 29.1. The molecule has 1 saturated heterocycles. The van der Waals surface area contributed by atoms with Gasteiger partial charge in [0, 0.05) is 26.2 Å². The van der Waals surface area contributed by atoms with Crippen molar-refractivity contribution in [2.75, 3.05) is 26.3 Å². The van der Waals surface area contributed by atoms with Crippen molar-refractivity contribution in [3.63, 3.8) is 0 Å². The minimum atomic E-state index is -0.196. The maximum Gasteiger partial charge on any atom is 0.0724 e. The van der Waals surface area contributed by atoms with Gasteiger partial charge in [0.25, 0.3) is 0 Å². The second kappa shape index (κ2) is 6.32. The van der Waals surface area contributed by atoms with Gasteiger partial charge in [0.1, 0.15) is 0 Å². The first-order chi connectivity index (χ1) is 6.33. The third kappa shape index (κ3) is 4.57. The molecule has 3 N–H and O–H groups in total. The number of aliphatic hydroxyl groups excluding tert-OH is 2. The van der Waals surface area contributed by atoms with Gasteiger partial charge in [-0.3, -0.25) is 0 Å². The van der Waals surface area contributed by atoms with Gasteiger partial charge < -0.3 is 20.3 Å². The summed E-state index contributed by atoms with van der Waals surface area (Å²) in [5, 5.41) is 21.0. The molecule has 0 saturated carbocycles. The average molecular weight is 189 g/mol. The summed E-state index contributed by atoms with van der Waals surface area (Å²) in [6.45, 7) is 2.47. The Morgan fingerprint density at radius 2 is 2.31 bits per heavy atom. The minimum absolute atomic E-state index is 0.141. The van der Waals surface area contributed by atoms with E-state index >= 15 is 0 Å². The van der Waals surface area contributed by atoms with E-state index in [1.165, 1.54) is 0 Å². The predicted octanol–water partition coefficient (Wildman–Crippen LogP) is -0.502. The first-order valence-corrected chi connectivity index (χ1v) is 4.94. The highest BCUT2D eigenvalue weighted by Gasteiger charge is 2.19. The Balaban J connectivity index is 2.00. The third-order valence-corrected chi connectivity index (χ3v) is 2.22. The van der Waals surface area contributed by atoms with Crippen molar-refractivity contribution in [2.24, 2.45) is 0 Å². The molecule has 2 atom stereocenters. The van der Waals surface area contributed by atoms with Crippen LogP contribution in [0.2, 0.25) is 0 Å². The molecule has 0 unspecified atom stereocenters. The molecule has 1 fully saturated rings. The lowest BCUT2D eigenvalue weighted by molar-refractivity contribution is -0.0417. The molecular weight excluding hydrogens is 170 g/mol. The zero-order chi connectivity index (χ0) is 9.52. The highest BCUT2D eigenvalue weighted by molar-refractivity contribution is 4.72. The Morgan fingerprint density at radius 3 is 3.00 bits per heavy atom. The molecule has 0 aromatic heterocycles. The second-order valence-electron chi connectivity index (χ2n) is 3.45. The van der Waals surface area contributed by atoms with Crippen molar-refractivity contribution in [1.82, 2.24) is 5.32 Å². The van der Waals surface area contributed by atoms with Gasteiger partial charge in [0.15, 0.2) is 0 Å². The van der Waals surface area contributed by atoms with Gasteiger partial charge in [-0.1, -0.05) is 0 Å². The summed E-state index contributed by atoms with van der Waals surface area (Å²) in [7, 11) is 0. The number of rotatable bonds is 5. The smallest absolute Gasteiger partial charge is 0.0724 e. The number of nitrogens with one attached hydrogen (secondary N) is 1. The molecule has 1 aliphatic heterocycles. The van der Waals surface area contributed by atoms with Crippen LogP contribution < -0.4 is 5.32 Å². The lowest BCUT2D eigenvalue weighted by Gasteiger charge is -2.26. The summed E-state index contributed by atoms with van der Waals surface area (Å²) < 4.78 is 5.44. The van der Waals surface area contributed by atoms with Gasteiger partial charge >= 0.3 is 0 Å². The van der Waals surface area contributed by atoms with E-state index < -0.39 is 0 Å². The Kier molecular flexibility index (Phi) is 5.31. The van der Waals surface area contributed by atoms with Crippen LogP contribution in [-0.4, -0.2) is 48.7 Å². The fourth-order valence-electron chi connectivity index (χ4n) is 1.47. The van der Waals surface area contributed by atoms with Gasteiger partial charge in [0.05, 0.1) is 12.2 Å². The first kappa shape index (κ1) is 10.9. The largest absolute Gasteiger partial charge is 0.396 e. The summed E-state index contributed by atoms with van der Waals surface area (Å²) in [5.41, 5.74) is 0. The maximum atomic E-state index is 9.33. The molecule has 4 nitrogen and oxygen atoms in total. The van der Waals surface area contributed by atoms with Gasteiger partial charge in [-0.2, -0.15) is 0 Å². The van der Waals surface area contributed by atoms with E-state index in [4.69, 9.17) is 9.84 Å². The van der Waals surface area contributed by atoms with Crippen LogP contribution in [0.4, 0.5) is 0 Å². The summed E-state index contributed by atoms with van der Waals surface area (Å²) in [6.07, 6.45) is 2.20. The molecule has 0 aromatic rings. The molecule has 4 heteroatoms. The molecule has 0 aromatic carbocycles. The minimum Gasteiger partial charge on any atom is -0.396 e. The Labute approximate surface area is 78.9 Å². The van der Waals surface area contributed by atoms with Crippen molar-refractivity contribution >= 4 is 0 Å². The van der Waals surface area contributed by atoms with Crippen molar-refractivity contribution < 1.29 is 14.9 Å². The first-order valence-electron chi connectivity index (χ1n) is 4.94. The number of ether oxygens (including phenoxy) is 1. The molecule has 13 heavy (non-hydrogen) atoms. The van der Waals surface area contributed by atoms with Crippen LogP contribution in [0.1, 0.15) is 19.3 Å². The standard InChI is InChI=1S/C9H19NO3/c11-4-1-3-10-7-9-6-8(12)2-5-13-9/h8-12H,1-7H2/t8-,9+/m1/s1. The van der Waals surface area contributed by atoms with E-state index in [-0.39, 0.29) is 18.8 Å². The molecule has 1 heterocycles. The summed E-state index contributed by atoms with van der Waals surface area (Å²) in [5.74, 6) is 0. The highest BCUT2D eigenvalue weighted by Crippen LogP contribution is 2.12. The SMILES string of the molecule is OCCCNC[C@@H]1C[C@H](O)CCO1. The van der Waals surface area contributed by atoms with E-state index in [0.717, 1.165) is 32.4 Å². The molecule has 0 radical (unpaired) electrons. The lowest BCUT2D eigenvalue weighted by Crippen LogP contribution is -2.37. The van der Waals surface area contributed by atoms with Crippen LogP contribution in [0.25, 0.3) is 0 Å². The van der Waals surface area contributed by atoms with E-state index in [1.807, 2.05) is 0 Å². The Bertz CT molecular complexity index is 132. The van der Waals surface area contributed by atoms with Crippen LogP contribution in [-0.2, 0) is 4.74 Å². The van der Waals surface area contributed by atoms with E-state index in [9.17, 15) is 5.11 Å². The van der Waals surface area contributed by atoms with Gasteiger partial charge in [-0.25, -0.2) is 0 Å². The molecule has 1 rings (SSSR count). The lowest BCUT2D eigenvalue weighted by atomic mass is 10.1. The summed E-state index contributed by atoms with van der Waals surface area (Å²) in [4.78, 5) is 0. The number of hydrogen-bond acceptors (Lipinski definition) is 4. The average Bonchev–Trinajstić information content (AvgIpc) is 2.13. The van der Waals surface area contributed by atoms with Crippen molar-refractivity contribution in [1.29, 1.82) is 0 Å². The molecule has 0 bridgehead atoms. The topological polar surface area (TPSA) is 61.7 Å². The zero-order valence-corrected chi connectivity index (χ0v) is 7.91. The highest BCUT2D eigenvalue weighted by atomic mass is 16.5. The summed E-state index contributed by atoms with van der Waals surface area (Å²) >= 11 is 0. The fourth-order valence-corrected chi connectivity index (χ4v) is 1.47. The quantitative estimate of drug-likeness (QED) is 0.510. The van der Waals surface area contributed by atoms with Gasteiger partial charge in [-0.05, 0) is 19.4 Å². The molecule has 0 spiro atoms. The Morgan fingerprint density at radius 1 is 1.46 bits per heavy atom. The van der Waals surface area contributed by atoms with E-state index in [1.54, 1.807) is 0 Å². The maximum absolute atomic E-state index is 9.33. The predicted molar refractivity (Wildman–Crippen MR) is 49.6 cm³/mol. The monoisotopic (exact) mass is 189 g/mol. The van der Waals surface area contributed by atoms with Gasteiger partial charge in [-0.15, -0.1) is 0 Å².